The summed E-state index contributed by atoms with van der Waals surface area (Å²) < 4.78 is 0. The summed E-state index contributed by atoms with van der Waals surface area (Å²) in [6.45, 7) is 6.03. The van der Waals surface area contributed by atoms with Crippen LogP contribution in [0, 0.1) is 0 Å². The minimum Gasteiger partial charge on any atom is -0.352 e. The molecule has 2 amide bonds. The Morgan fingerprint density at radius 3 is 2.27 bits per heavy atom. The molecule has 0 saturated carbocycles. The highest BCUT2D eigenvalue weighted by molar-refractivity contribution is 6.35. The maximum absolute atomic E-state index is 13.3. The van der Waals surface area contributed by atoms with Crippen LogP contribution in [0.15, 0.2) is 42.5 Å². The van der Waals surface area contributed by atoms with E-state index in [1.807, 2.05) is 39.0 Å². The van der Waals surface area contributed by atoms with Gasteiger partial charge in [-0.25, -0.2) is 0 Å². The molecule has 2 aromatic rings. The first kappa shape index (κ1) is 24.5. The molecular formula is C23H27Cl3N2O2. The maximum Gasteiger partial charge on any atom is 0.243 e. The van der Waals surface area contributed by atoms with Gasteiger partial charge < -0.3 is 10.2 Å². The average molecular weight is 470 g/mol. The second-order valence-corrected chi connectivity index (χ2v) is 8.52. The van der Waals surface area contributed by atoms with E-state index < -0.39 is 6.04 Å². The van der Waals surface area contributed by atoms with Crippen molar-refractivity contribution in [1.82, 2.24) is 10.2 Å². The molecule has 0 aliphatic heterocycles. The predicted molar refractivity (Wildman–Crippen MR) is 124 cm³/mol. The van der Waals surface area contributed by atoms with Crippen LogP contribution in [0.25, 0.3) is 0 Å². The molecule has 0 spiro atoms. The van der Waals surface area contributed by atoms with Crippen molar-refractivity contribution in [3.63, 3.8) is 0 Å². The predicted octanol–water partition coefficient (Wildman–Crippen LogP) is 5.91. The number of carbonyl (C=O) groups excluding carboxylic acids is 2. The van der Waals surface area contributed by atoms with Gasteiger partial charge in [-0.2, -0.15) is 0 Å². The van der Waals surface area contributed by atoms with E-state index in [1.165, 1.54) is 0 Å². The molecule has 0 aliphatic rings. The van der Waals surface area contributed by atoms with E-state index in [0.717, 1.165) is 12.0 Å². The average Bonchev–Trinajstić information content (AvgIpc) is 2.70. The Morgan fingerprint density at radius 2 is 1.67 bits per heavy atom. The zero-order chi connectivity index (χ0) is 22.3. The van der Waals surface area contributed by atoms with Gasteiger partial charge in [-0.1, -0.05) is 72.9 Å². The molecule has 2 aromatic carbocycles. The molecule has 0 saturated heterocycles. The molecule has 0 radical (unpaired) electrons. The van der Waals surface area contributed by atoms with Crippen LogP contribution in [-0.4, -0.2) is 28.8 Å². The highest BCUT2D eigenvalue weighted by atomic mass is 35.5. The zero-order valence-electron chi connectivity index (χ0n) is 17.4. The van der Waals surface area contributed by atoms with Crippen molar-refractivity contribution in [3.8, 4) is 0 Å². The summed E-state index contributed by atoms with van der Waals surface area (Å²) >= 11 is 18.6. The van der Waals surface area contributed by atoms with Crippen molar-refractivity contribution >= 4 is 46.6 Å². The van der Waals surface area contributed by atoms with Crippen molar-refractivity contribution in [2.24, 2.45) is 0 Å². The number of benzene rings is 2. The SMILES string of the molecule is CC[C@H](C)NC(=O)[C@H](CC)N(Cc1ccc(Cl)cc1Cl)C(=O)Cc1ccccc1Cl. The van der Waals surface area contributed by atoms with Crippen LogP contribution in [-0.2, 0) is 22.6 Å². The Bertz CT molecular complexity index is 889. The molecule has 0 aromatic heterocycles. The summed E-state index contributed by atoms with van der Waals surface area (Å²) in [7, 11) is 0. The van der Waals surface area contributed by atoms with Gasteiger partial charge in [0.1, 0.15) is 6.04 Å². The Labute approximate surface area is 193 Å². The third kappa shape index (κ3) is 6.63. The smallest absolute Gasteiger partial charge is 0.243 e. The molecule has 0 heterocycles. The van der Waals surface area contributed by atoms with Crippen LogP contribution in [0.4, 0.5) is 0 Å². The molecule has 2 rings (SSSR count). The molecule has 162 valence electrons. The number of hydrogen-bond donors (Lipinski definition) is 1. The first-order valence-corrected chi connectivity index (χ1v) is 11.2. The highest BCUT2D eigenvalue weighted by Gasteiger charge is 2.30. The molecule has 0 fully saturated rings. The van der Waals surface area contributed by atoms with Crippen molar-refractivity contribution < 1.29 is 9.59 Å². The zero-order valence-corrected chi connectivity index (χ0v) is 19.7. The summed E-state index contributed by atoms with van der Waals surface area (Å²) in [5.74, 6) is -0.371. The summed E-state index contributed by atoms with van der Waals surface area (Å²) in [5.41, 5.74) is 1.44. The minimum atomic E-state index is -0.624. The van der Waals surface area contributed by atoms with Gasteiger partial charge in [0, 0.05) is 27.7 Å². The Hall–Kier alpha value is -1.75. The minimum absolute atomic E-state index is 0.0196. The summed E-state index contributed by atoms with van der Waals surface area (Å²) in [4.78, 5) is 27.9. The van der Waals surface area contributed by atoms with Gasteiger partial charge in [-0.05, 0) is 49.1 Å². The summed E-state index contributed by atoms with van der Waals surface area (Å²) in [6, 6.07) is 11.7. The maximum atomic E-state index is 13.3. The molecule has 7 heteroatoms. The Morgan fingerprint density at radius 1 is 0.967 bits per heavy atom. The standard InChI is InChI=1S/C23H27Cl3N2O2/c1-4-15(3)27-23(30)21(5-2)28(14-17-10-11-18(24)13-20(17)26)22(29)12-16-8-6-7-9-19(16)25/h6-11,13,15,21H,4-5,12,14H2,1-3H3,(H,27,30)/t15-,21-/m0/s1. The molecule has 2 atom stereocenters. The van der Waals surface area contributed by atoms with E-state index in [4.69, 9.17) is 34.8 Å². The van der Waals surface area contributed by atoms with E-state index in [-0.39, 0.29) is 30.8 Å². The van der Waals surface area contributed by atoms with Gasteiger partial charge in [0.25, 0.3) is 0 Å². The monoisotopic (exact) mass is 468 g/mol. The second-order valence-electron chi connectivity index (χ2n) is 7.27. The lowest BCUT2D eigenvalue weighted by Gasteiger charge is -2.32. The molecular weight excluding hydrogens is 443 g/mol. The van der Waals surface area contributed by atoms with Crippen molar-refractivity contribution in [2.45, 2.75) is 58.7 Å². The number of halogens is 3. The second kappa shape index (κ2) is 11.6. The third-order valence-electron chi connectivity index (χ3n) is 5.04. The molecule has 1 N–H and O–H groups in total. The number of nitrogens with one attached hydrogen (secondary N) is 1. The third-order valence-corrected chi connectivity index (χ3v) is 6.00. The number of rotatable bonds is 9. The quantitative estimate of drug-likeness (QED) is 0.496. The number of carbonyl (C=O) groups is 2. The molecule has 0 aliphatic carbocycles. The normalized spacial score (nSPS) is 12.9. The van der Waals surface area contributed by atoms with Gasteiger partial charge in [-0.3, -0.25) is 9.59 Å². The van der Waals surface area contributed by atoms with Crippen LogP contribution >= 0.6 is 34.8 Å². The first-order valence-electron chi connectivity index (χ1n) is 10.0. The number of amides is 2. The lowest BCUT2D eigenvalue weighted by molar-refractivity contribution is -0.141. The molecule has 0 bridgehead atoms. The fourth-order valence-electron chi connectivity index (χ4n) is 3.10. The largest absolute Gasteiger partial charge is 0.352 e. The van der Waals surface area contributed by atoms with Gasteiger partial charge in [0.05, 0.1) is 6.42 Å². The topological polar surface area (TPSA) is 49.4 Å². The van der Waals surface area contributed by atoms with Gasteiger partial charge >= 0.3 is 0 Å². The molecule has 30 heavy (non-hydrogen) atoms. The van der Waals surface area contributed by atoms with Gasteiger partial charge in [0.2, 0.25) is 11.8 Å². The van der Waals surface area contributed by atoms with E-state index >= 15 is 0 Å². The Kier molecular flexibility index (Phi) is 9.47. The fraction of sp³-hybridized carbons (Fsp3) is 0.391. The van der Waals surface area contributed by atoms with Crippen molar-refractivity contribution in [3.05, 3.63) is 68.7 Å². The highest BCUT2D eigenvalue weighted by Crippen LogP contribution is 2.25. The van der Waals surface area contributed by atoms with E-state index in [2.05, 4.69) is 5.32 Å². The summed E-state index contributed by atoms with van der Waals surface area (Å²) in [6.07, 6.45) is 1.37. The van der Waals surface area contributed by atoms with Gasteiger partial charge in [0.15, 0.2) is 0 Å². The van der Waals surface area contributed by atoms with Crippen molar-refractivity contribution in [1.29, 1.82) is 0 Å². The number of nitrogens with zero attached hydrogens (tertiary/aromatic N) is 1. The van der Waals surface area contributed by atoms with Crippen LogP contribution in [0.1, 0.15) is 44.7 Å². The van der Waals surface area contributed by atoms with Crippen LogP contribution < -0.4 is 5.32 Å². The molecule has 4 nitrogen and oxygen atoms in total. The number of hydrogen-bond acceptors (Lipinski definition) is 2. The molecule has 0 unspecified atom stereocenters. The van der Waals surface area contributed by atoms with Crippen LogP contribution in [0.5, 0.6) is 0 Å². The first-order chi connectivity index (χ1) is 14.3. The van der Waals surface area contributed by atoms with Crippen molar-refractivity contribution in [2.75, 3.05) is 0 Å². The van der Waals surface area contributed by atoms with E-state index in [1.54, 1.807) is 29.2 Å². The lowest BCUT2D eigenvalue weighted by Crippen LogP contribution is -2.51. The lowest BCUT2D eigenvalue weighted by atomic mass is 10.1. The van der Waals surface area contributed by atoms with Gasteiger partial charge in [-0.15, -0.1) is 0 Å². The van der Waals surface area contributed by atoms with E-state index in [9.17, 15) is 9.59 Å². The van der Waals surface area contributed by atoms with E-state index in [0.29, 0.717) is 27.1 Å². The summed E-state index contributed by atoms with van der Waals surface area (Å²) in [5, 5.41) is 4.48. The van der Waals surface area contributed by atoms with Crippen LogP contribution in [0.2, 0.25) is 15.1 Å². The Balaban J connectivity index is 2.35. The van der Waals surface area contributed by atoms with Crippen LogP contribution in [0.3, 0.4) is 0 Å². The fourth-order valence-corrected chi connectivity index (χ4v) is 3.77.